The average Bonchev–Trinajstić information content (AvgIpc) is 2.69. The standard InChI is InChI=1S/C23H30N2O3S/c1-2-14-25-15-7-6-13-22(25)23(26)24-21-12-8-11-20(16-21)18-29(27,28)17-19-9-4-3-5-10-19/h3-5,8-12,16,22H,2,6-7,13-15,17-18H2,1H3,(H,24,26). The SMILES string of the molecule is CCCN1CCCCC1C(=O)Nc1cccc(CS(=O)(=O)Cc2ccccc2)c1. The molecule has 1 amide bonds. The third kappa shape index (κ3) is 6.41. The summed E-state index contributed by atoms with van der Waals surface area (Å²) < 4.78 is 25.1. The predicted molar refractivity (Wildman–Crippen MR) is 117 cm³/mol. The van der Waals surface area contributed by atoms with Gasteiger partial charge in [0.15, 0.2) is 9.84 Å². The Morgan fingerprint density at radius 2 is 1.76 bits per heavy atom. The number of carbonyl (C=O) groups is 1. The number of benzene rings is 2. The third-order valence-electron chi connectivity index (χ3n) is 5.24. The Balaban J connectivity index is 1.65. The molecule has 0 radical (unpaired) electrons. The van der Waals surface area contributed by atoms with Gasteiger partial charge >= 0.3 is 0 Å². The molecule has 3 rings (SSSR count). The molecule has 2 aromatic rings. The first-order valence-electron chi connectivity index (χ1n) is 10.3. The van der Waals surface area contributed by atoms with Crippen LogP contribution in [0.1, 0.15) is 43.7 Å². The van der Waals surface area contributed by atoms with Gasteiger partial charge in [0.05, 0.1) is 17.5 Å². The summed E-state index contributed by atoms with van der Waals surface area (Å²) in [7, 11) is -3.29. The van der Waals surface area contributed by atoms with Crippen LogP contribution in [0.4, 0.5) is 5.69 Å². The molecule has 6 heteroatoms. The summed E-state index contributed by atoms with van der Waals surface area (Å²) in [6.45, 7) is 4.02. The molecule has 1 heterocycles. The van der Waals surface area contributed by atoms with Crippen LogP contribution in [0.3, 0.4) is 0 Å². The van der Waals surface area contributed by atoms with Gasteiger partial charge in [-0.15, -0.1) is 0 Å². The molecule has 1 atom stereocenters. The van der Waals surface area contributed by atoms with Gasteiger partial charge in [-0.3, -0.25) is 9.69 Å². The van der Waals surface area contributed by atoms with Crippen molar-refractivity contribution in [1.29, 1.82) is 0 Å². The van der Waals surface area contributed by atoms with E-state index in [-0.39, 0.29) is 23.5 Å². The van der Waals surface area contributed by atoms with E-state index in [9.17, 15) is 13.2 Å². The molecule has 0 saturated carbocycles. The number of carbonyl (C=O) groups excluding carboxylic acids is 1. The first kappa shape index (κ1) is 21.5. The Hall–Kier alpha value is -2.18. The molecule has 0 bridgehead atoms. The lowest BCUT2D eigenvalue weighted by atomic mass is 10.0. The zero-order valence-electron chi connectivity index (χ0n) is 17.0. The average molecular weight is 415 g/mol. The number of anilines is 1. The van der Waals surface area contributed by atoms with Gasteiger partial charge in [0.1, 0.15) is 0 Å². The van der Waals surface area contributed by atoms with E-state index >= 15 is 0 Å². The van der Waals surface area contributed by atoms with Crippen molar-refractivity contribution in [3.05, 3.63) is 65.7 Å². The summed E-state index contributed by atoms with van der Waals surface area (Å²) in [4.78, 5) is 15.1. The van der Waals surface area contributed by atoms with E-state index < -0.39 is 9.84 Å². The largest absolute Gasteiger partial charge is 0.325 e. The maximum atomic E-state index is 12.8. The molecule has 1 fully saturated rings. The van der Waals surface area contributed by atoms with Crippen molar-refractivity contribution in [1.82, 2.24) is 4.90 Å². The van der Waals surface area contributed by atoms with E-state index in [0.29, 0.717) is 11.3 Å². The lowest BCUT2D eigenvalue weighted by Crippen LogP contribution is -2.47. The zero-order chi connectivity index (χ0) is 20.7. The van der Waals surface area contributed by atoms with E-state index in [0.717, 1.165) is 44.3 Å². The van der Waals surface area contributed by atoms with Crippen molar-refractivity contribution in [3.8, 4) is 0 Å². The van der Waals surface area contributed by atoms with Crippen molar-refractivity contribution >= 4 is 21.4 Å². The molecule has 156 valence electrons. The van der Waals surface area contributed by atoms with Gasteiger partial charge in [-0.25, -0.2) is 8.42 Å². The van der Waals surface area contributed by atoms with E-state index in [4.69, 9.17) is 0 Å². The smallest absolute Gasteiger partial charge is 0.241 e. The van der Waals surface area contributed by atoms with Crippen LogP contribution >= 0.6 is 0 Å². The molecule has 1 N–H and O–H groups in total. The normalized spacial score (nSPS) is 17.8. The highest BCUT2D eigenvalue weighted by molar-refractivity contribution is 7.89. The molecule has 1 aliphatic heterocycles. The van der Waals surface area contributed by atoms with Crippen molar-refractivity contribution in [2.24, 2.45) is 0 Å². The van der Waals surface area contributed by atoms with Crippen LogP contribution in [-0.2, 0) is 26.1 Å². The fourth-order valence-corrected chi connectivity index (χ4v) is 5.43. The van der Waals surface area contributed by atoms with Gasteiger partial charge in [0, 0.05) is 5.69 Å². The maximum absolute atomic E-state index is 12.8. The number of likely N-dealkylation sites (tertiary alicyclic amines) is 1. The predicted octanol–water partition coefficient (Wildman–Crippen LogP) is 4.00. The summed E-state index contributed by atoms with van der Waals surface area (Å²) in [5, 5.41) is 3.00. The van der Waals surface area contributed by atoms with Crippen LogP contribution in [0.5, 0.6) is 0 Å². The van der Waals surface area contributed by atoms with Crippen LogP contribution in [0.2, 0.25) is 0 Å². The Morgan fingerprint density at radius 3 is 2.52 bits per heavy atom. The van der Waals surface area contributed by atoms with Crippen molar-refractivity contribution in [2.45, 2.75) is 50.2 Å². The van der Waals surface area contributed by atoms with Crippen molar-refractivity contribution in [2.75, 3.05) is 18.4 Å². The summed E-state index contributed by atoms with van der Waals surface area (Å²) in [6, 6.07) is 16.3. The molecule has 1 saturated heterocycles. The number of nitrogens with zero attached hydrogens (tertiary/aromatic N) is 1. The Kier molecular flexibility index (Phi) is 7.45. The summed E-state index contributed by atoms with van der Waals surface area (Å²) in [5.74, 6) is -0.0300. The second-order valence-electron chi connectivity index (χ2n) is 7.76. The minimum absolute atomic E-state index is 0.00226. The van der Waals surface area contributed by atoms with Gasteiger partial charge < -0.3 is 5.32 Å². The molecule has 0 spiro atoms. The van der Waals surface area contributed by atoms with E-state index in [2.05, 4.69) is 17.1 Å². The third-order valence-corrected chi connectivity index (χ3v) is 6.78. The number of hydrogen-bond acceptors (Lipinski definition) is 4. The van der Waals surface area contributed by atoms with Crippen LogP contribution in [0.15, 0.2) is 54.6 Å². The minimum atomic E-state index is -3.29. The number of nitrogens with one attached hydrogen (secondary N) is 1. The highest BCUT2D eigenvalue weighted by atomic mass is 32.2. The van der Waals surface area contributed by atoms with Gasteiger partial charge in [-0.05, 0) is 55.6 Å². The van der Waals surface area contributed by atoms with E-state index in [1.54, 1.807) is 18.2 Å². The fourth-order valence-electron chi connectivity index (χ4n) is 3.94. The summed E-state index contributed by atoms with van der Waals surface area (Å²) in [5.41, 5.74) is 2.13. The Morgan fingerprint density at radius 1 is 1.03 bits per heavy atom. The molecule has 1 aliphatic rings. The van der Waals surface area contributed by atoms with Crippen LogP contribution in [-0.4, -0.2) is 38.4 Å². The van der Waals surface area contributed by atoms with Crippen molar-refractivity contribution < 1.29 is 13.2 Å². The second-order valence-corrected chi connectivity index (χ2v) is 9.82. The molecule has 0 aliphatic carbocycles. The molecule has 29 heavy (non-hydrogen) atoms. The monoisotopic (exact) mass is 414 g/mol. The minimum Gasteiger partial charge on any atom is -0.325 e. The van der Waals surface area contributed by atoms with Crippen LogP contribution in [0, 0.1) is 0 Å². The molecule has 5 nitrogen and oxygen atoms in total. The lowest BCUT2D eigenvalue weighted by Gasteiger charge is -2.34. The number of rotatable bonds is 8. The topological polar surface area (TPSA) is 66.5 Å². The molecular weight excluding hydrogens is 384 g/mol. The maximum Gasteiger partial charge on any atom is 0.241 e. The fraction of sp³-hybridized carbons (Fsp3) is 0.435. The highest BCUT2D eigenvalue weighted by Crippen LogP contribution is 2.21. The molecule has 0 aromatic heterocycles. The van der Waals surface area contributed by atoms with E-state index in [1.165, 1.54) is 0 Å². The quantitative estimate of drug-likeness (QED) is 0.709. The Labute approximate surface area is 174 Å². The second kappa shape index (κ2) is 10.0. The first-order valence-corrected chi connectivity index (χ1v) is 12.2. The lowest BCUT2D eigenvalue weighted by molar-refractivity contribution is -0.122. The van der Waals surface area contributed by atoms with E-state index in [1.807, 2.05) is 36.4 Å². The first-order chi connectivity index (χ1) is 14.0. The number of sulfone groups is 1. The Bertz CT molecular complexity index is 911. The van der Waals surface area contributed by atoms with Crippen molar-refractivity contribution in [3.63, 3.8) is 0 Å². The molecular formula is C23H30N2O3S. The van der Waals surface area contributed by atoms with Gasteiger partial charge in [-0.2, -0.15) is 0 Å². The highest BCUT2D eigenvalue weighted by Gasteiger charge is 2.28. The summed E-state index contributed by atoms with van der Waals surface area (Å²) >= 11 is 0. The number of amides is 1. The van der Waals surface area contributed by atoms with Crippen LogP contribution < -0.4 is 5.32 Å². The number of hydrogen-bond donors (Lipinski definition) is 1. The van der Waals surface area contributed by atoms with Gasteiger partial charge in [-0.1, -0.05) is 55.8 Å². The van der Waals surface area contributed by atoms with Gasteiger partial charge in [0.2, 0.25) is 5.91 Å². The zero-order valence-corrected chi connectivity index (χ0v) is 17.8. The summed E-state index contributed by atoms with van der Waals surface area (Å²) in [6.07, 6.45) is 4.10. The number of piperidine rings is 1. The molecule has 2 aromatic carbocycles. The molecule has 1 unspecified atom stereocenters. The van der Waals surface area contributed by atoms with Crippen LogP contribution in [0.25, 0.3) is 0 Å². The van der Waals surface area contributed by atoms with Gasteiger partial charge in [0.25, 0.3) is 0 Å².